The lowest BCUT2D eigenvalue weighted by Gasteiger charge is -2.11. The Kier molecular flexibility index (Phi) is 6.08. The lowest BCUT2D eigenvalue weighted by Crippen LogP contribution is -2.21. The maximum Gasteiger partial charge on any atom is 0.253 e. The molecular formula is C19H21N5O2S. The number of nitrogens with zero attached hydrogens (tertiary/aromatic N) is 5. The number of carbonyl (C=O) groups is 1. The third kappa shape index (κ3) is 4.46. The van der Waals surface area contributed by atoms with Crippen molar-refractivity contribution in [2.24, 2.45) is 0 Å². The molecule has 0 aliphatic carbocycles. The fourth-order valence-electron chi connectivity index (χ4n) is 2.48. The summed E-state index contributed by atoms with van der Waals surface area (Å²) in [7, 11) is 3.48. The summed E-state index contributed by atoms with van der Waals surface area (Å²) in [5.74, 6) is 1.42. The van der Waals surface area contributed by atoms with Crippen LogP contribution in [-0.2, 0) is 5.75 Å². The van der Waals surface area contributed by atoms with Crippen LogP contribution in [0.4, 0.5) is 0 Å². The Hall–Kier alpha value is -2.87. The molecule has 0 saturated carbocycles. The van der Waals surface area contributed by atoms with Crippen LogP contribution in [0.5, 0.6) is 5.75 Å². The third-order valence-corrected chi connectivity index (χ3v) is 4.80. The first-order valence-electron chi connectivity index (χ1n) is 8.54. The van der Waals surface area contributed by atoms with Crippen molar-refractivity contribution < 1.29 is 9.53 Å². The highest BCUT2D eigenvalue weighted by Crippen LogP contribution is 2.27. The summed E-state index contributed by atoms with van der Waals surface area (Å²) < 4.78 is 7.35. The summed E-state index contributed by atoms with van der Waals surface area (Å²) >= 11 is 1.52. The van der Waals surface area contributed by atoms with Gasteiger partial charge in [0, 0.05) is 25.4 Å². The summed E-state index contributed by atoms with van der Waals surface area (Å²) in [5.41, 5.74) is 2.56. The molecule has 0 bridgehead atoms. The number of benzene rings is 2. The maximum atomic E-state index is 12.0. The number of amides is 1. The van der Waals surface area contributed by atoms with Crippen LogP contribution >= 0.6 is 11.8 Å². The lowest BCUT2D eigenvalue weighted by atomic mass is 10.1. The van der Waals surface area contributed by atoms with Crippen molar-refractivity contribution >= 4 is 17.7 Å². The number of tetrazole rings is 1. The summed E-state index contributed by atoms with van der Waals surface area (Å²) in [6.07, 6.45) is 0. The average Bonchev–Trinajstić information content (AvgIpc) is 3.15. The molecule has 0 atom stereocenters. The van der Waals surface area contributed by atoms with Gasteiger partial charge in [0.15, 0.2) is 0 Å². The van der Waals surface area contributed by atoms with E-state index in [2.05, 4.69) is 15.5 Å². The first-order chi connectivity index (χ1) is 13.1. The molecule has 0 spiro atoms. The molecule has 3 rings (SSSR count). The Balaban J connectivity index is 1.74. The molecular weight excluding hydrogens is 362 g/mol. The van der Waals surface area contributed by atoms with E-state index in [0.717, 1.165) is 17.0 Å². The van der Waals surface area contributed by atoms with Crippen molar-refractivity contribution in [3.05, 3.63) is 59.7 Å². The topological polar surface area (TPSA) is 73.1 Å². The van der Waals surface area contributed by atoms with Crippen LogP contribution in [-0.4, -0.2) is 51.7 Å². The van der Waals surface area contributed by atoms with Crippen LogP contribution in [0, 0.1) is 0 Å². The van der Waals surface area contributed by atoms with E-state index in [1.807, 2.05) is 55.5 Å². The summed E-state index contributed by atoms with van der Waals surface area (Å²) in [5, 5.41) is 12.7. The van der Waals surface area contributed by atoms with Crippen molar-refractivity contribution in [3.8, 4) is 11.4 Å². The number of aromatic nitrogens is 4. The zero-order valence-corrected chi connectivity index (χ0v) is 16.3. The summed E-state index contributed by atoms with van der Waals surface area (Å²) in [6.45, 7) is 2.51. The van der Waals surface area contributed by atoms with Gasteiger partial charge >= 0.3 is 0 Å². The van der Waals surface area contributed by atoms with E-state index in [1.54, 1.807) is 23.7 Å². The molecule has 0 saturated heterocycles. The van der Waals surface area contributed by atoms with Crippen LogP contribution < -0.4 is 4.74 Å². The Morgan fingerprint density at radius 2 is 1.89 bits per heavy atom. The molecule has 8 heteroatoms. The largest absolute Gasteiger partial charge is 0.492 e. The SMILES string of the molecule is CCOc1ccccc1-n1nnnc1SCc1ccc(C(=O)N(C)C)cc1. The van der Waals surface area contributed by atoms with Crippen molar-refractivity contribution in [1.29, 1.82) is 0 Å². The number of hydrogen-bond acceptors (Lipinski definition) is 6. The van der Waals surface area contributed by atoms with Crippen LogP contribution in [0.15, 0.2) is 53.7 Å². The molecule has 0 aliphatic heterocycles. The predicted molar refractivity (Wildman–Crippen MR) is 104 cm³/mol. The molecule has 3 aromatic rings. The first kappa shape index (κ1) is 18.9. The summed E-state index contributed by atoms with van der Waals surface area (Å²) in [4.78, 5) is 13.5. The van der Waals surface area contributed by atoms with E-state index in [-0.39, 0.29) is 5.91 Å². The number of ether oxygens (including phenoxy) is 1. The van der Waals surface area contributed by atoms with Crippen LogP contribution in [0.3, 0.4) is 0 Å². The monoisotopic (exact) mass is 383 g/mol. The van der Waals surface area contributed by atoms with Gasteiger partial charge in [-0.25, -0.2) is 0 Å². The molecule has 0 N–H and O–H groups in total. The van der Waals surface area contributed by atoms with Gasteiger partial charge in [-0.2, -0.15) is 4.68 Å². The molecule has 2 aromatic carbocycles. The highest BCUT2D eigenvalue weighted by Gasteiger charge is 2.14. The molecule has 0 radical (unpaired) electrons. The molecule has 0 aliphatic rings. The molecule has 1 heterocycles. The van der Waals surface area contributed by atoms with Crippen molar-refractivity contribution in [2.45, 2.75) is 17.8 Å². The van der Waals surface area contributed by atoms with E-state index in [0.29, 0.717) is 23.1 Å². The minimum absolute atomic E-state index is 0.00863. The number of carbonyl (C=O) groups excluding carboxylic acids is 1. The van der Waals surface area contributed by atoms with Gasteiger partial charge in [0.25, 0.3) is 5.91 Å². The third-order valence-electron chi connectivity index (χ3n) is 3.81. The van der Waals surface area contributed by atoms with E-state index < -0.39 is 0 Å². The molecule has 0 fully saturated rings. The standard InChI is InChI=1S/C19H21N5O2S/c1-4-26-17-8-6-5-7-16(17)24-19(20-21-22-24)27-13-14-9-11-15(12-10-14)18(25)23(2)3/h5-12H,4,13H2,1-3H3. The van der Waals surface area contributed by atoms with E-state index in [1.165, 1.54) is 11.8 Å². The fraction of sp³-hybridized carbons (Fsp3) is 0.263. The smallest absolute Gasteiger partial charge is 0.253 e. The van der Waals surface area contributed by atoms with Gasteiger partial charge in [0.2, 0.25) is 5.16 Å². The zero-order chi connectivity index (χ0) is 19.2. The number of thioether (sulfide) groups is 1. The summed E-state index contributed by atoms with van der Waals surface area (Å²) in [6, 6.07) is 15.2. The van der Waals surface area contributed by atoms with Gasteiger partial charge in [-0.1, -0.05) is 36.0 Å². The van der Waals surface area contributed by atoms with Crippen molar-refractivity contribution in [1.82, 2.24) is 25.1 Å². The fourth-order valence-corrected chi connectivity index (χ4v) is 3.32. The molecule has 7 nitrogen and oxygen atoms in total. The highest BCUT2D eigenvalue weighted by molar-refractivity contribution is 7.98. The normalized spacial score (nSPS) is 10.6. The quantitative estimate of drug-likeness (QED) is 0.584. The molecule has 27 heavy (non-hydrogen) atoms. The molecule has 0 unspecified atom stereocenters. The maximum absolute atomic E-state index is 12.0. The van der Waals surface area contributed by atoms with Crippen LogP contribution in [0.1, 0.15) is 22.8 Å². The van der Waals surface area contributed by atoms with Crippen LogP contribution in [0.2, 0.25) is 0 Å². The second kappa shape index (κ2) is 8.68. The second-order valence-corrected chi connectivity index (χ2v) is 6.90. The van der Waals surface area contributed by atoms with Gasteiger partial charge in [0.1, 0.15) is 11.4 Å². The van der Waals surface area contributed by atoms with Gasteiger partial charge < -0.3 is 9.64 Å². The highest BCUT2D eigenvalue weighted by atomic mass is 32.2. The Bertz CT molecular complexity index is 908. The Morgan fingerprint density at radius 1 is 1.15 bits per heavy atom. The molecule has 1 aromatic heterocycles. The minimum atomic E-state index is -0.00863. The Morgan fingerprint density at radius 3 is 2.59 bits per heavy atom. The van der Waals surface area contributed by atoms with Gasteiger partial charge in [-0.15, -0.1) is 5.10 Å². The molecule has 140 valence electrons. The van der Waals surface area contributed by atoms with E-state index >= 15 is 0 Å². The second-order valence-electron chi connectivity index (χ2n) is 5.96. The minimum Gasteiger partial charge on any atom is -0.492 e. The van der Waals surface area contributed by atoms with Crippen molar-refractivity contribution in [2.75, 3.05) is 20.7 Å². The van der Waals surface area contributed by atoms with Gasteiger partial charge in [0.05, 0.1) is 6.61 Å². The number of para-hydroxylation sites is 2. The number of rotatable bonds is 7. The zero-order valence-electron chi connectivity index (χ0n) is 15.5. The van der Waals surface area contributed by atoms with Crippen molar-refractivity contribution in [3.63, 3.8) is 0 Å². The first-order valence-corrected chi connectivity index (χ1v) is 9.52. The van der Waals surface area contributed by atoms with E-state index in [4.69, 9.17) is 4.74 Å². The Labute approximate surface area is 162 Å². The van der Waals surface area contributed by atoms with Gasteiger partial charge in [-0.3, -0.25) is 4.79 Å². The average molecular weight is 383 g/mol. The number of hydrogen-bond donors (Lipinski definition) is 0. The predicted octanol–water partition coefficient (Wildman–Crippen LogP) is 3.06. The van der Waals surface area contributed by atoms with E-state index in [9.17, 15) is 4.79 Å². The lowest BCUT2D eigenvalue weighted by molar-refractivity contribution is 0.0827. The van der Waals surface area contributed by atoms with Crippen LogP contribution in [0.25, 0.3) is 5.69 Å². The van der Waals surface area contributed by atoms with Gasteiger partial charge in [-0.05, 0) is 47.2 Å². The molecule has 1 amide bonds.